The van der Waals surface area contributed by atoms with Crippen LogP contribution in [0.5, 0.6) is 0 Å². The van der Waals surface area contributed by atoms with Crippen LogP contribution in [-0.2, 0) is 0 Å². The number of rotatable bonds is 3. The van der Waals surface area contributed by atoms with E-state index in [1.54, 1.807) is 6.07 Å². The monoisotopic (exact) mass is 431 g/mol. The lowest BCUT2D eigenvalue weighted by atomic mass is 9.97. The quantitative estimate of drug-likeness (QED) is 0.280. The average molecular weight is 432 g/mol. The Balaban J connectivity index is 1.54. The number of nitrogens with zero attached hydrogens (tertiary/aromatic N) is 1. The second-order valence-corrected chi connectivity index (χ2v) is 8.03. The summed E-state index contributed by atoms with van der Waals surface area (Å²) in [5.41, 5.74) is 5.84. The van der Waals surface area contributed by atoms with E-state index in [1.165, 1.54) is 6.07 Å². The average Bonchev–Trinajstić information content (AvgIpc) is 3.31. The smallest absolute Gasteiger partial charge is 0.144 e. The van der Waals surface area contributed by atoms with Gasteiger partial charge in [-0.1, -0.05) is 78.9 Å². The molecule has 0 fully saturated rings. The molecule has 2 nitrogen and oxygen atoms in total. The van der Waals surface area contributed by atoms with Crippen molar-refractivity contribution in [1.29, 1.82) is 0 Å². The number of hydrogen-bond donors (Lipinski definition) is 0. The summed E-state index contributed by atoms with van der Waals surface area (Å²) in [6, 6.07) is 31.4. The van der Waals surface area contributed by atoms with Gasteiger partial charge in [-0.2, -0.15) is 0 Å². The van der Waals surface area contributed by atoms with Crippen LogP contribution in [0.1, 0.15) is 19.4 Å². The number of benzene rings is 4. The van der Waals surface area contributed by atoms with Gasteiger partial charge in [0, 0.05) is 36.3 Å². The summed E-state index contributed by atoms with van der Waals surface area (Å²) in [4.78, 5) is 4.37. The van der Waals surface area contributed by atoms with Gasteiger partial charge in [-0.25, -0.2) is 0 Å². The fourth-order valence-corrected chi connectivity index (χ4v) is 4.35. The van der Waals surface area contributed by atoms with Crippen molar-refractivity contribution >= 4 is 21.9 Å². The van der Waals surface area contributed by atoms with Gasteiger partial charge in [0.05, 0.1) is 5.69 Å². The summed E-state index contributed by atoms with van der Waals surface area (Å²) in [6.07, 6.45) is 1.14. The summed E-state index contributed by atoms with van der Waals surface area (Å²) in [6.45, 7) is -5.20. The molecule has 0 N–H and O–H groups in total. The molecule has 158 valence electrons. The van der Waals surface area contributed by atoms with E-state index >= 15 is 0 Å². The van der Waals surface area contributed by atoms with Crippen LogP contribution in [-0.4, -0.2) is 4.98 Å². The number of para-hydroxylation sites is 2. The van der Waals surface area contributed by atoms with E-state index in [1.807, 2.05) is 60.7 Å². The summed E-state index contributed by atoms with van der Waals surface area (Å²) >= 11 is 0. The van der Waals surface area contributed by atoms with Gasteiger partial charge < -0.3 is 4.42 Å². The standard InChI is InChI=1S/C31H23NO/c1-20-17-29(32-19-21(20)2)28-16-8-15-27-26-14-7-13-25(30(26)33-31(27)28)24-12-6-11-23(18-24)22-9-4-3-5-10-22/h3-19H,1-2H3/i1D3,2D3. The molecule has 0 saturated heterocycles. The molecule has 0 aliphatic heterocycles. The Morgan fingerprint density at radius 3 is 2.06 bits per heavy atom. The van der Waals surface area contributed by atoms with Crippen molar-refractivity contribution in [2.24, 2.45) is 0 Å². The molecule has 0 atom stereocenters. The number of pyridine rings is 1. The number of fused-ring (bicyclic) bond motifs is 3. The Kier molecular flexibility index (Phi) is 3.31. The van der Waals surface area contributed by atoms with E-state index in [0.717, 1.165) is 39.2 Å². The first-order valence-electron chi connectivity index (χ1n) is 13.7. The maximum absolute atomic E-state index is 7.94. The predicted molar refractivity (Wildman–Crippen MR) is 137 cm³/mol. The van der Waals surface area contributed by atoms with Gasteiger partial charge in [-0.3, -0.25) is 4.98 Å². The van der Waals surface area contributed by atoms with E-state index in [2.05, 4.69) is 29.2 Å². The minimum atomic E-state index is -2.61. The van der Waals surface area contributed by atoms with Gasteiger partial charge in [0.1, 0.15) is 11.2 Å². The second kappa shape index (κ2) is 7.75. The molecule has 0 unspecified atom stereocenters. The lowest BCUT2D eigenvalue weighted by Gasteiger charge is -2.07. The van der Waals surface area contributed by atoms with Gasteiger partial charge in [0.15, 0.2) is 0 Å². The zero-order chi connectivity index (χ0) is 27.4. The van der Waals surface area contributed by atoms with Crippen molar-refractivity contribution in [3.63, 3.8) is 0 Å². The van der Waals surface area contributed by atoms with Crippen LogP contribution in [0.15, 0.2) is 108 Å². The second-order valence-electron chi connectivity index (χ2n) is 8.03. The molecule has 0 aliphatic rings. The van der Waals surface area contributed by atoms with Crippen LogP contribution >= 0.6 is 0 Å². The fourth-order valence-electron chi connectivity index (χ4n) is 4.35. The summed E-state index contributed by atoms with van der Waals surface area (Å²) < 4.78 is 53.6. The van der Waals surface area contributed by atoms with Crippen molar-refractivity contribution in [3.05, 3.63) is 114 Å². The highest BCUT2D eigenvalue weighted by Crippen LogP contribution is 2.40. The van der Waals surface area contributed by atoms with Crippen LogP contribution < -0.4 is 0 Å². The molecule has 0 amide bonds. The third-order valence-electron chi connectivity index (χ3n) is 5.98. The van der Waals surface area contributed by atoms with Gasteiger partial charge in [-0.05, 0) is 59.7 Å². The Hall–Kier alpha value is -4.17. The molecule has 2 heterocycles. The lowest BCUT2D eigenvalue weighted by molar-refractivity contribution is 0.671. The van der Waals surface area contributed by atoms with Crippen molar-refractivity contribution in [2.75, 3.05) is 0 Å². The summed E-state index contributed by atoms with van der Waals surface area (Å²) in [5.74, 6) is 0. The predicted octanol–water partition coefficient (Wildman–Crippen LogP) is 8.60. The van der Waals surface area contributed by atoms with E-state index < -0.39 is 13.7 Å². The van der Waals surface area contributed by atoms with Gasteiger partial charge in [0.2, 0.25) is 0 Å². The summed E-state index contributed by atoms with van der Waals surface area (Å²) in [5, 5.41) is 1.78. The maximum Gasteiger partial charge on any atom is 0.144 e. The Bertz CT molecular complexity index is 1830. The third-order valence-corrected chi connectivity index (χ3v) is 5.98. The number of furan rings is 1. The first kappa shape index (κ1) is 14.1. The zero-order valence-corrected chi connectivity index (χ0v) is 17.7. The molecule has 2 aromatic heterocycles. The number of hydrogen-bond acceptors (Lipinski definition) is 2. The van der Waals surface area contributed by atoms with E-state index in [9.17, 15) is 0 Å². The molecule has 2 heteroatoms. The van der Waals surface area contributed by atoms with Crippen molar-refractivity contribution in [1.82, 2.24) is 4.98 Å². The van der Waals surface area contributed by atoms with Gasteiger partial charge >= 0.3 is 0 Å². The van der Waals surface area contributed by atoms with E-state index in [4.69, 9.17) is 12.6 Å². The van der Waals surface area contributed by atoms with E-state index in [-0.39, 0.29) is 11.1 Å². The lowest BCUT2D eigenvalue weighted by Crippen LogP contribution is -1.88. The first-order chi connectivity index (χ1) is 18.6. The molecule has 4 aromatic carbocycles. The zero-order valence-electron chi connectivity index (χ0n) is 23.7. The molecule has 0 bridgehead atoms. The largest absolute Gasteiger partial charge is 0.455 e. The first-order valence-corrected chi connectivity index (χ1v) is 10.7. The Labute approximate surface area is 201 Å². The molecule has 33 heavy (non-hydrogen) atoms. The Morgan fingerprint density at radius 1 is 0.606 bits per heavy atom. The van der Waals surface area contributed by atoms with Crippen molar-refractivity contribution < 1.29 is 12.6 Å². The molecule has 0 radical (unpaired) electrons. The molecule has 0 aliphatic carbocycles. The molecular weight excluding hydrogens is 402 g/mol. The van der Waals surface area contributed by atoms with Crippen LogP contribution in [0.2, 0.25) is 0 Å². The van der Waals surface area contributed by atoms with Crippen molar-refractivity contribution in [2.45, 2.75) is 13.7 Å². The van der Waals surface area contributed by atoms with Gasteiger partial charge in [-0.15, -0.1) is 0 Å². The highest BCUT2D eigenvalue weighted by molar-refractivity contribution is 6.12. The molecule has 0 spiro atoms. The highest BCUT2D eigenvalue weighted by atomic mass is 16.3. The highest BCUT2D eigenvalue weighted by Gasteiger charge is 2.16. The SMILES string of the molecule is [2H]C([2H])([2H])c1cnc(-c2cccc3c2oc2c(-c4cccc(-c5ccccc5)c4)cccc23)cc1C([2H])([2H])[2H]. The van der Waals surface area contributed by atoms with E-state index in [0.29, 0.717) is 22.4 Å². The van der Waals surface area contributed by atoms with Crippen LogP contribution in [0.3, 0.4) is 0 Å². The minimum absolute atomic E-state index is 0.237. The topological polar surface area (TPSA) is 26.0 Å². The molecule has 6 rings (SSSR count). The number of aromatic nitrogens is 1. The molecular formula is C31H23NO. The molecule has 6 aromatic rings. The fraction of sp³-hybridized carbons (Fsp3) is 0.0645. The van der Waals surface area contributed by atoms with Crippen LogP contribution in [0.4, 0.5) is 0 Å². The third kappa shape index (κ3) is 3.32. The Morgan fingerprint density at radius 2 is 1.27 bits per heavy atom. The van der Waals surface area contributed by atoms with Crippen molar-refractivity contribution in [3.8, 4) is 33.5 Å². The summed E-state index contributed by atoms with van der Waals surface area (Å²) in [7, 11) is 0. The maximum atomic E-state index is 7.94. The molecule has 0 saturated carbocycles. The van der Waals surface area contributed by atoms with Gasteiger partial charge in [0.25, 0.3) is 0 Å². The number of aryl methyl sites for hydroxylation is 2. The van der Waals surface area contributed by atoms with Crippen LogP contribution in [0.25, 0.3) is 55.4 Å². The normalized spacial score (nSPS) is 14.8. The minimum Gasteiger partial charge on any atom is -0.455 e. The van der Waals surface area contributed by atoms with Crippen LogP contribution in [0, 0.1) is 13.7 Å².